The van der Waals surface area contributed by atoms with E-state index < -0.39 is 0 Å². The van der Waals surface area contributed by atoms with Gasteiger partial charge in [0.25, 0.3) is 0 Å². The number of unbranched alkanes of at least 4 members (excludes halogenated alkanes) is 1. The number of nitrogens with zero attached hydrogens (tertiary/aromatic N) is 1. The molecule has 0 spiro atoms. The zero-order valence-electron chi connectivity index (χ0n) is 9.90. The zero-order chi connectivity index (χ0) is 11.8. The Morgan fingerprint density at radius 2 is 2.06 bits per heavy atom. The van der Waals surface area contributed by atoms with Crippen LogP contribution in [-0.2, 0) is 4.79 Å². The highest BCUT2D eigenvalue weighted by Crippen LogP contribution is 2.20. The number of piperidine rings is 1. The van der Waals surface area contributed by atoms with Crippen LogP contribution >= 0.6 is 0 Å². The Morgan fingerprint density at radius 1 is 1.25 bits per heavy atom. The summed E-state index contributed by atoms with van der Waals surface area (Å²) < 4.78 is 0. The molecule has 1 unspecified atom stereocenters. The molecule has 1 aliphatic rings. The monoisotopic (exact) mass is 229 g/mol. The Kier molecular flexibility index (Phi) is 6.42. The standard InChI is InChI=1S/C12H23NO3/c14-8-2-1-5-12(16)13-7-3-4-11(10-13)6-9-15/h11,14-15H,1-10H2. The second kappa shape index (κ2) is 7.63. The van der Waals surface area contributed by atoms with Gasteiger partial charge in [0.15, 0.2) is 0 Å². The highest BCUT2D eigenvalue weighted by molar-refractivity contribution is 5.76. The van der Waals surface area contributed by atoms with Crippen molar-refractivity contribution in [2.45, 2.75) is 38.5 Å². The highest BCUT2D eigenvalue weighted by atomic mass is 16.3. The summed E-state index contributed by atoms with van der Waals surface area (Å²) in [5.41, 5.74) is 0. The maximum atomic E-state index is 11.8. The summed E-state index contributed by atoms with van der Waals surface area (Å²) >= 11 is 0. The summed E-state index contributed by atoms with van der Waals surface area (Å²) in [4.78, 5) is 13.7. The van der Waals surface area contributed by atoms with E-state index in [0.29, 0.717) is 18.8 Å². The van der Waals surface area contributed by atoms with Gasteiger partial charge >= 0.3 is 0 Å². The van der Waals surface area contributed by atoms with E-state index in [1.54, 1.807) is 0 Å². The Balaban J connectivity index is 2.26. The maximum absolute atomic E-state index is 11.8. The van der Waals surface area contributed by atoms with Gasteiger partial charge in [-0.2, -0.15) is 0 Å². The zero-order valence-corrected chi connectivity index (χ0v) is 9.90. The van der Waals surface area contributed by atoms with E-state index in [9.17, 15) is 4.79 Å². The topological polar surface area (TPSA) is 60.8 Å². The van der Waals surface area contributed by atoms with E-state index in [1.807, 2.05) is 4.90 Å². The van der Waals surface area contributed by atoms with Crippen LogP contribution in [0.4, 0.5) is 0 Å². The van der Waals surface area contributed by atoms with Gasteiger partial charge in [-0.25, -0.2) is 0 Å². The Hall–Kier alpha value is -0.610. The minimum absolute atomic E-state index is 0.167. The molecule has 1 rings (SSSR count). The molecular weight excluding hydrogens is 206 g/mol. The fourth-order valence-electron chi connectivity index (χ4n) is 2.26. The van der Waals surface area contributed by atoms with Gasteiger partial charge < -0.3 is 15.1 Å². The molecule has 1 amide bonds. The quantitative estimate of drug-likeness (QED) is 0.661. The van der Waals surface area contributed by atoms with Crippen molar-refractivity contribution in [1.82, 2.24) is 4.90 Å². The van der Waals surface area contributed by atoms with Gasteiger partial charge in [0.05, 0.1) is 0 Å². The molecule has 0 aromatic rings. The fraction of sp³-hybridized carbons (Fsp3) is 0.917. The fourth-order valence-corrected chi connectivity index (χ4v) is 2.26. The smallest absolute Gasteiger partial charge is 0.222 e. The number of amides is 1. The number of aliphatic hydroxyl groups is 2. The second-order valence-electron chi connectivity index (χ2n) is 4.54. The molecule has 0 bridgehead atoms. The molecule has 94 valence electrons. The summed E-state index contributed by atoms with van der Waals surface area (Å²) in [6.07, 6.45) is 5.01. The number of hydrogen-bond acceptors (Lipinski definition) is 3. The molecular formula is C12H23NO3. The van der Waals surface area contributed by atoms with Crippen LogP contribution in [0, 0.1) is 5.92 Å². The molecule has 1 aliphatic heterocycles. The number of rotatable bonds is 6. The first-order valence-electron chi connectivity index (χ1n) is 6.27. The number of hydrogen-bond donors (Lipinski definition) is 2. The molecule has 1 saturated heterocycles. The molecule has 1 fully saturated rings. The van der Waals surface area contributed by atoms with Crippen LogP contribution in [-0.4, -0.2) is 47.3 Å². The van der Waals surface area contributed by atoms with Gasteiger partial charge in [0.1, 0.15) is 0 Å². The van der Waals surface area contributed by atoms with Crippen molar-refractivity contribution in [1.29, 1.82) is 0 Å². The van der Waals surface area contributed by atoms with Gasteiger partial charge in [-0.15, -0.1) is 0 Å². The SMILES string of the molecule is O=C(CCCCO)N1CCCC(CCO)C1. The van der Waals surface area contributed by atoms with Gasteiger partial charge in [0.2, 0.25) is 5.91 Å². The molecule has 2 N–H and O–H groups in total. The van der Waals surface area contributed by atoms with E-state index in [0.717, 1.165) is 38.8 Å². The average Bonchev–Trinajstić information content (AvgIpc) is 2.30. The van der Waals surface area contributed by atoms with Crippen LogP contribution in [0.1, 0.15) is 38.5 Å². The van der Waals surface area contributed by atoms with E-state index in [-0.39, 0.29) is 19.1 Å². The lowest BCUT2D eigenvalue weighted by Crippen LogP contribution is -2.40. The van der Waals surface area contributed by atoms with Crippen molar-refractivity contribution in [2.75, 3.05) is 26.3 Å². The number of carbonyl (C=O) groups excluding carboxylic acids is 1. The number of aliphatic hydroxyl groups excluding tert-OH is 2. The molecule has 4 heteroatoms. The van der Waals surface area contributed by atoms with E-state index in [1.165, 1.54) is 0 Å². The Labute approximate surface area is 97.3 Å². The van der Waals surface area contributed by atoms with Crippen LogP contribution in [0.25, 0.3) is 0 Å². The first-order chi connectivity index (χ1) is 7.77. The van der Waals surface area contributed by atoms with Crippen molar-refractivity contribution < 1.29 is 15.0 Å². The van der Waals surface area contributed by atoms with E-state index in [4.69, 9.17) is 10.2 Å². The van der Waals surface area contributed by atoms with Crippen LogP contribution in [0.2, 0.25) is 0 Å². The molecule has 0 saturated carbocycles. The van der Waals surface area contributed by atoms with Crippen LogP contribution in [0.15, 0.2) is 0 Å². The van der Waals surface area contributed by atoms with Crippen molar-refractivity contribution >= 4 is 5.91 Å². The van der Waals surface area contributed by atoms with Crippen molar-refractivity contribution in [3.05, 3.63) is 0 Å². The summed E-state index contributed by atoms with van der Waals surface area (Å²) in [7, 11) is 0. The third-order valence-corrected chi connectivity index (χ3v) is 3.21. The lowest BCUT2D eigenvalue weighted by Gasteiger charge is -2.32. The predicted octanol–water partition coefficient (Wildman–Crippen LogP) is 0.770. The molecule has 0 aliphatic carbocycles. The lowest BCUT2D eigenvalue weighted by molar-refractivity contribution is -0.133. The van der Waals surface area contributed by atoms with Crippen LogP contribution in [0.5, 0.6) is 0 Å². The minimum Gasteiger partial charge on any atom is -0.396 e. The maximum Gasteiger partial charge on any atom is 0.222 e. The van der Waals surface area contributed by atoms with Gasteiger partial charge in [-0.3, -0.25) is 4.79 Å². The van der Waals surface area contributed by atoms with Gasteiger partial charge in [-0.1, -0.05) is 0 Å². The molecule has 1 atom stereocenters. The molecule has 0 aromatic carbocycles. The summed E-state index contributed by atoms with van der Waals surface area (Å²) in [5.74, 6) is 0.677. The highest BCUT2D eigenvalue weighted by Gasteiger charge is 2.22. The molecule has 1 heterocycles. The van der Waals surface area contributed by atoms with Gasteiger partial charge in [0, 0.05) is 32.7 Å². The van der Waals surface area contributed by atoms with Crippen LogP contribution < -0.4 is 0 Å². The largest absolute Gasteiger partial charge is 0.396 e. The Morgan fingerprint density at radius 3 is 2.75 bits per heavy atom. The number of carbonyl (C=O) groups is 1. The van der Waals surface area contributed by atoms with Crippen molar-refractivity contribution in [3.8, 4) is 0 Å². The molecule has 0 radical (unpaired) electrons. The van der Waals surface area contributed by atoms with Crippen molar-refractivity contribution in [2.24, 2.45) is 5.92 Å². The molecule has 16 heavy (non-hydrogen) atoms. The third kappa shape index (κ3) is 4.49. The predicted molar refractivity (Wildman–Crippen MR) is 61.9 cm³/mol. The van der Waals surface area contributed by atoms with E-state index >= 15 is 0 Å². The first-order valence-corrected chi connectivity index (χ1v) is 6.27. The minimum atomic E-state index is 0.167. The lowest BCUT2D eigenvalue weighted by atomic mass is 9.95. The summed E-state index contributed by atoms with van der Waals surface area (Å²) in [6.45, 7) is 2.05. The Bertz CT molecular complexity index is 206. The number of likely N-dealkylation sites (tertiary alicyclic amines) is 1. The normalized spacial score (nSPS) is 21.1. The summed E-state index contributed by atoms with van der Waals surface area (Å²) in [5, 5.41) is 17.5. The molecule has 0 aromatic heterocycles. The third-order valence-electron chi connectivity index (χ3n) is 3.21. The van der Waals surface area contributed by atoms with Crippen molar-refractivity contribution in [3.63, 3.8) is 0 Å². The van der Waals surface area contributed by atoms with Gasteiger partial charge in [-0.05, 0) is 38.0 Å². The van der Waals surface area contributed by atoms with Crippen LogP contribution in [0.3, 0.4) is 0 Å². The molecule has 4 nitrogen and oxygen atoms in total. The summed E-state index contributed by atoms with van der Waals surface area (Å²) in [6, 6.07) is 0. The first kappa shape index (κ1) is 13.5. The van der Waals surface area contributed by atoms with E-state index in [2.05, 4.69) is 0 Å². The average molecular weight is 229 g/mol. The second-order valence-corrected chi connectivity index (χ2v) is 4.54.